The molecule has 4 aromatic rings. The van der Waals surface area contributed by atoms with Crippen molar-refractivity contribution in [3.05, 3.63) is 96.1 Å². The molecule has 0 atom stereocenters. The number of fused-ring (bicyclic) bond motifs is 1. The van der Waals surface area contributed by atoms with Gasteiger partial charge in [-0.15, -0.1) is 0 Å². The van der Waals surface area contributed by atoms with Crippen LogP contribution >= 0.6 is 0 Å². The normalized spacial score (nSPS) is 12.9. The lowest BCUT2D eigenvalue weighted by molar-refractivity contribution is -0.127. The van der Waals surface area contributed by atoms with E-state index in [9.17, 15) is 9.59 Å². The number of rotatable bonds is 12. The Balaban J connectivity index is 1.07. The third kappa shape index (κ3) is 6.81. The first-order chi connectivity index (χ1) is 19.6. The minimum atomic E-state index is -0.342. The quantitative estimate of drug-likeness (QED) is 0.163. The molecule has 1 fully saturated rings. The van der Waals surface area contributed by atoms with Gasteiger partial charge in [0.15, 0.2) is 0 Å². The van der Waals surface area contributed by atoms with Gasteiger partial charge >= 0.3 is 5.97 Å². The Kier molecular flexibility index (Phi) is 8.96. The second-order valence-corrected chi connectivity index (χ2v) is 10.1. The molecule has 0 heterocycles. The van der Waals surface area contributed by atoms with Gasteiger partial charge in [-0.05, 0) is 83.1 Å². The van der Waals surface area contributed by atoms with E-state index < -0.39 is 0 Å². The van der Waals surface area contributed by atoms with Gasteiger partial charge in [0.2, 0.25) is 5.91 Å². The maximum Gasteiger partial charge on any atom is 0.337 e. The second-order valence-electron chi connectivity index (χ2n) is 10.1. The molecule has 40 heavy (non-hydrogen) atoms. The van der Waals surface area contributed by atoms with E-state index in [1.54, 1.807) is 12.1 Å². The molecule has 6 heteroatoms. The molecule has 1 saturated carbocycles. The largest absolute Gasteiger partial charge is 0.493 e. The summed E-state index contributed by atoms with van der Waals surface area (Å²) in [5.41, 5.74) is 3.80. The van der Waals surface area contributed by atoms with Crippen LogP contribution in [0.1, 0.15) is 41.6 Å². The number of amides is 1. The van der Waals surface area contributed by atoms with E-state index in [4.69, 9.17) is 14.2 Å². The zero-order valence-corrected chi connectivity index (χ0v) is 22.9. The fraction of sp³-hybridized carbons (Fsp3) is 0.294. The standard InChI is InChI=1S/C34H35NO5/c1-38-34(37)29-11-9-24(10-12-29)25-13-16-30(17-14-25)39-21-4-22-40-31-18-15-26-5-2-6-27(32(26)23-31)19-20-35-33(36)28-7-3-8-28/h2,5-6,9-18,23,28H,3-4,7-8,19-22H2,1H3,(H,35,36). The Hall–Kier alpha value is -4.32. The van der Waals surface area contributed by atoms with Crippen LogP contribution in [-0.4, -0.2) is 38.7 Å². The Morgan fingerprint density at radius 1 is 0.825 bits per heavy atom. The molecule has 0 bridgehead atoms. The molecule has 1 aliphatic carbocycles. The molecule has 0 radical (unpaired) electrons. The highest BCUT2D eigenvalue weighted by Gasteiger charge is 2.24. The molecule has 1 N–H and O–H groups in total. The van der Waals surface area contributed by atoms with E-state index in [-0.39, 0.29) is 17.8 Å². The molecular weight excluding hydrogens is 502 g/mol. The Morgan fingerprint density at radius 2 is 1.50 bits per heavy atom. The summed E-state index contributed by atoms with van der Waals surface area (Å²) in [4.78, 5) is 23.8. The number of nitrogens with one attached hydrogen (secondary N) is 1. The minimum Gasteiger partial charge on any atom is -0.493 e. The van der Waals surface area contributed by atoms with Crippen molar-refractivity contribution in [2.45, 2.75) is 32.1 Å². The molecule has 6 nitrogen and oxygen atoms in total. The van der Waals surface area contributed by atoms with E-state index in [1.165, 1.54) is 24.5 Å². The van der Waals surface area contributed by atoms with Gasteiger partial charge < -0.3 is 19.5 Å². The van der Waals surface area contributed by atoms with Crippen LogP contribution in [0.4, 0.5) is 0 Å². The Bertz CT molecular complexity index is 1440. The average Bonchev–Trinajstić information content (AvgIpc) is 2.96. The summed E-state index contributed by atoms with van der Waals surface area (Å²) >= 11 is 0. The molecule has 0 aliphatic heterocycles. The van der Waals surface area contributed by atoms with Gasteiger partial charge in [-0.2, -0.15) is 0 Å². The highest BCUT2D eigenvalue weighted by molar-refractivity contribution is 5.90. The van der Waals surface area contributed by atoms with Gasteiger partial charge in [0, 0.05) is 18.9 Å². The van der Waals surface area contributed by atoms with E-state index in [1.807, 2.05) is 42.5 Å². The highest BCUT2D eigenvalue weighted by atomic mass is 16.5. The lowest BCUT2D eigenvalue weighted by Crippen LogP contribution is -2.35. The zero-order valence-electron chi connectivity index (χ0n) is 22.9. The van der Waals surface area contributed by atoms with Gasteiger partial charge in [0.05, 0.1) is 25.9 Å². The first kappa shape index (κ1) is 27.3. The number of carbonyl (C=O) groups is 2. The Labute approximate surface area is 235 Å². The van der Waals surface area contributed by atoms with Crippen molar-refractivity contribution >= 4 is 22.6 Å². The summed E-state index contributed by atoms with van der Waals surface area (Å²) in [6, 6.07) is 27.7. The van der Waals surface area contributed by atoms with Crippen LogP contribution in [0.15, 0.2) is 84.9 Å². The van der Waals surface area contributed by atoms with Gasteiger partial charge in [-0.3, -0.25) is 4.79 Å². The summed E-state index contributed by atoms with van der Waals surface area (Å²) in [7, 11) is 1.38. The van der Waals surface area contributed by atoms with Crippen molar-refractivity contribution in [1.29, 1.82) is 0 Å². The third-order valence-electron chi connectivity index (χ3n) is 7.43. The van der Waals surface area contributed by atoms with Crippen molar-refractivity contribution in [2.75, 3.05) is 26.9 Å². The van der Waals surface area contributed by atoms with E-state index in [0.717, 1.165) is 53.7 Å². The first-order valence-corrected chi connectivity index (χ1v) is 13.9. The SMILES string of the molecule is COC(=O)c1ccc(-c2ccc(OCCCOc3ccc4cccc(CCNC(=O)C5CCC5)c4c3)cc2)cc1. The second kappa shape index (κ2) is 13.2. The molecule has 1 amide bonds. The molecule has 0 unspecified atom stereocenters. The average molecular weight is 538 g/mol. The monoisotopic (exact) mass is 537 g/mol. The maximum atomic E-state index is 12.2. The van der Waals surface area contributed by atoms with Crippen LogP contribution in [-0.2, 0) is 16.0 Å². The predicted molar refractivity (Wildman–Crippen MR) is 157 cm³/mol. The number of methoxy groups -OCH3 is 1. The zero-order chi connectivity index (χ0) is 27.7. The van der Waals surface area contributed by atoms with Gasteiger partial charge in [-0.1, -0.05) is 55.0 Å². The number of hydrogen-bond donors (Lipinski definition) is 1. The van der Waals surface area contributed by atoms with Crippen molar-refractivity contribution in [3.8, 4) is 22.6 Å². The maximum absolute atomic E-state index is 12.2. The third-order valence-corrected chi connectivity index (χ3v) is 7.43. The first-order valence-electron chi connectivity index (χ1n) is 13.9. The van der Waals surface area contributed by atoms with Gasteiger partial charge in [0.1, 0.15) is 11.5 Å². The summed E-state index contributed by atoms with van der Waals surface area (Å²) in [5, 5.41) is 5.42. The molecule has 0 saturated heterocycles. The number of carbonyl (C=O) groups excluding carboxylic acids is 2. The van der Waals surface area contributed by atoms with Crippen molar-refractivity contribution < 1.29 is 23.8 Å². The summed E-state index contributed by atoms with van der Waals surface area (Å²) < 4.78 is 16.7. The lowest BCUT2D eigenvalue weighted by atomic mass is 9.85. The number of esters is 1. The minimum absolute atomic E-state index is 0.195. The number of benzene rings is 4. The molecule has 5 rings (SSSR count). The Morgan fingerprint density at radius 3 is 2.17 bits per heavy atom. The smallest absolute Gasteiger partial charge is 0.337 e. The highest BCUT2D eigenvalue weighted by Crippen LogP contribution is 2.27. The number of hydrogen-bond acceptors (Lipinski definition) is 5. The lowest BCUT2D eigenvalue weighted by Gasteiger charge is -2.24. The fourth-order valence-corrected chi connectivity index (χ4v) is 4.86. The fourth-order valence-electron chi connectivity index (χ4n) is 4.86. The molecule has 0 spiro atoms. The summed E-state index contributed by atoms with van der Waals surface area (Å²) in [6.45, 7) is 1.75. The number of ether oxygens (including phenoxy) is 3. The van der Waals surface area contributed by atoms with Crippen LogP contribution < -0.4 is 14.8 Å². The van der Waals surface area contributed by atoms with Crippen molar-refractivity contribution in [2.24, 2.45) is 5.92 Å². The molecular formula is C34H35NO5. The van der Waals surface area contributed by atoms with Crippen LogP contribution in [0, 0.1) is 5.92 Å². The predicted octanol–water partition coefficient (Wildman–Crippen LogP) is 6.60. The van der Waals surface area contributed by atoms with Gasteiger partial charge in [0.25, 0.3) is 0 Å². The van der Waals surface area contributed by atoms with Crippen LogP contribution in [0.3, 0.4) is 0 Å². The van der Waals surface area contributed by atoms with Crippen molar-refractivity contribution in [1.82, 2.24) is 5.32 Å². The molecule has 1 aliphatic rings. The van der Waals surface area contributed by atoms with Crippen LogP contribution in [0.2, 0.25) is 0 Å². The molecule has 4 aromatic carbocycles. The van der Waals surface area contributed by atoms with Crippen LogP contribution in [0.5, 0.6) is 11.5 Å². The van der Waals surface area contributed by atoms with E-state index in [2.05, 4.69) is 35.6 Å². The topological polar surface area (TPSA) is 73.9 Å². The van der Waals surface area contributed by atoms with Crippen LogP contribution in [0.25, 0.3) is 21.9 Å². The molecule has 206 valence electrons. The van der Waals surface area contributed by atoms with Crippen molar-refractivity contribution in [3.63, 3.8) is 0 Å². The summed E-state index contributed by atoms with van der Waals surface area (Å²) in [6.07, 6.45) is 4.76. The van der Waals surface area contributed by atoms with Gasteiger partial charge in [-0.25, -0.2) is 4.79 Å². The molecule has 0 aromatic heterocycles. The van der Waals surface area contributed by atoms with E-state index >= 15 is 0 Å². The summed E-state index contributed by atoms with van der Waals surface area (Å²) in [5.74, 6) is 1.70. The van der Waals surface area contributed by atoms with E-state index in [0.29, 0.717) is 25.3 Å².